The van der Waals surface area contributed by atoms with Crippen LogP contribution in [0.1, 0.15) is 37.7 Å². The first-order valence-corrected chi connectivity index (χ1v) is 6.78. The van der Waals surface area contributed by atoms with Crippen LogP contribution < -0.4 is 5.32 Å². The van der Waals surface area contributed by atoms with Crippen LogP contribution in [0.15, 0.2) is 23.0 Å². The van der Waals surface area contributed by atoms with Gasteiger partial charge in [-0.25, -0.2) is 0 Å². The van der Waals surface area contributed by atoms with E-state index in [4.69, 9.17) is 4.42 Å². The van der Waals surface area contributed by atoms with E-state index in [1.807, 2.05) is 6.07 Å². The maximum atomic E-state index is 5.04. The molecular weight excluding hydrogens is 212 g/mol. The molecule has 0 atom stereocenters. The van der Waals surface area contributed by atoms with Gasteiger partial charge in [0.05, 0.1) is 12.5 Å². The van der Waals surface area contributed by atoms with Crippen LogP contribution >= 0.6 is 0 Å². The number of likely N-dealkylation sites (N-methyl/N-ethyl adjacent to an activating group) is 1. The maximum Gasteiger partial charge on any atom is 0.0947 e. The molecule has 0 aliphatic heterocycles. The van der Waals surface area contributed by atoms with E-state index in [1.165, 1.54) is 37.7 Å². The molecule has 0 bridgehead atoms. The van der Waals surface area contributed by atoms with Crippen molar-refractivity contribution < 1.29 is 4.42 Å². The highest BCUT2D eigenvalue weighted by Crippen LogP contribution is 2.21. The normalized spacial score (nSPS) is 17.8. The predicted molar refractivity (Wildman–Crippen MR) is 69.9 cm³/mol. The van der Waals surface area contributed by atoms with E-state index >= 15 is 0 Å². The minimum absolute atomic E-state index is 0.819. The van der Waals surface area contributed by atoms with Gasteiger partial charge in [-0.3, -0.25) is 0 Å². The minimum Gasteiger partial charge on any atom is -0.472 e. The molecule has 1 aliphatic rings. The molecule has 1 saturated carbocycles. The fourth-order valence-electron chi connectivity index (χ4n) is 2.59. The van der Waals surface area contributed by atoms with Crippen LogP contribution in [0.3, 0.4) is 0 Å². The molecule has 3 nitrogen and oxygen atoms in total. The first-order valence-electron chi connectivity index (χ1n) is 6.78. The maximum absolute atomic E-state index is 5.04. The second-order valence-corrected chi connectivity index (χ2v) is 5.08. The zero-order valence-corrected chi connectivity index (χ0v) is 10.8. The Balaban J connectivity index is 1.57. The molecule has 1 heterocycles. The van der Waals surface area contributed by atoms with E-state index in [1.54, 1.807) is 12.5 Å². The molecule has 1 aromatic heterocycles. The van der Waals surface area contributed by atoms with Crippen LogP contribution in [0.5, 0.6) is 0 Å². The van der Waals surface area contributed by atoms with Crippen LogP contribution in [0, 0.1) is 0 Å². The summed E-state index contributed by atoms with van der Waals surface area (Å²) in [7, 11) is 2.26. The lowest BCUT2D eigenvalue weighted by atomic mass is 9.94. The average molecular weight is 236 g/mol. The van der Waals surface area contributed by atoms with Gasteiger partial charge in [0.1, 0.15) is 0 Å². The molecule has 0 spiro atoms. The highest BCUT2D eigenvalue weighted by Gasteiger charge is 2.16. The lowest BCUT2D eigenvalue weighted by Gasteiger charge is -2.31. The van der Waals surface area contributed by atoms with Crippen LogP contribution in [0.2, 0.25) is 0 Å². The molecule has 96 valence electrons. The zero-order valence-electron chi connectivity index (χ0n) is 10.8. The lowest BCUT2D eigenvalue weighted by Crippen LogP contribution is -2.37. The van der Waals surface area contributed by atoms with Crippen molar-refractivity contribution in [2.45, 2.75) is 44.7 Å². The number of furan rings is 1. The summed E-state index contributed by atoms with van der Waals surface area (Å²) in [4.78, 5) is 2.52. The summed E-state index contributed by atoms with van der Waals surface area (Å²) in [5, 5.41) is 3.46. The topological polar surface area (TPSA) is 28.4 Å². The molecule has 1 fully saturated rings. The van der Waals surface area contributed by atoms with Crippen molar-refractivity contribution in [3.8, 4) is 0 Å². The van der Waals surface area contributed by atoms with Crippen molar-refractivity contribution in [3.05, 3.63) is 24.2 Å². The van der Waals surface area contributed by atoms with Gasteiger partial charge in [-0.05, 0) is 26.0 Å². The summed E-state index contributed by atoms with van der Waals surface area (Å²) in [6.45, 7) is 3.11. The van der Waals surface area contributed by atoms with Crippen molar-refractivity contribution >= 4 is 0 Å². The molecule has 1 aliphatic carbocycles. The lowest BCUT2D eigenvalue weighted by molar-refractivity contribution is 0.192. The Hall–Kier alpha value is -0.800. The van der Waals surface area contributed by atoms with Crippen LogP contribution in [0.25, 0.3) is 0 Å². The first-order chi connectivity index (χ1) is 8.36. The van der Waals surface area contributed by atoms with Crippen molar-refractivity contribution in [1.82, 2.24) is 10.2 Å². The Morgan fingerprint density at radius 2 is 2.18 bits per heavy atom. The molecule has 0 radical (unpaired) electrons. The van der Waals surface area contributed by atoms with E-state index in [-0.39, 0.29) is 0 Å². The third-order valence-electron chi connectivity index (χ3n) is 3.75. The number of rotatable bonds is 6. The molecule has 17 heavy (non-hydrogen) atoms. The van der Waals surface area contributed by atoms with Gasteiger partial charge in [0.25, 0.3) is 0 Å². The van der Waals surface area contributed by atoms with Gasteiger partial charge in [0.2, 0.25) is 0 Å². The average Bonchev–Trinajstić information content (AvgIpc) is 2.88. The molecule has 0 unspecified atom stereocenters. The molecule has 1 aromatic rings. The molecular formula is C14H24N2O. The van der Waals surface area contributed by atoms with Crippen molar-refractivity contribution in [1.29, 1.82) is 0 Å². The molecule has 3 heteroatoms. The number of nitrogens with zero attached hydrogens (tertiary/aromatic N) is 1. The number of hydrogen-bond acceptors (Lipinski definition) is 3. The van der Waals surface area contributed by atoms with Gasteiger partial charge in [-0.1, -0.05) is 19.3 Å². The zero-order chi connectivity index (χ0) is 11.9. The van der Waals surface area contributed by atoms with Gasteiger partial charge < -0.3 is 14.6 Å². The van der Waals surface area contributed by atoms with Gasteiger partial charge in [0, 0.05) is 31.2 Å². The van der Waals surface area contributed by atoms with E-state index in [0.29, 0.717) is 0 Å². The van der Waals surface area contributed by atoms with E-state index < -0.39 is 0 Å². The van der Waals surface area contributed by atoms with Crippen LogP contribution in [-0.2, 0) is 6.54 Å². The molecule has 0 aromatic carbocycles. The van der Waals surface area contributed by atoms with Gasteiger partial charge in [-0.2, -0.15) is 0 Å². The predicted octanol–water partition coefficient (Wildman–Crippen LogP) is 2.63. The standard InChI is InChI=1S/C14H24N2O/c1-16(14-5-3-2-4-6-14)9-8-15-11-13-7-10-17-12-13/h7,10,12,14-15H,2-6,8-9,11H2,1H3. The van der Waals surface area contributed by atoms with Gasteiger partial charge >= 0.3 is 0 Å². The smallest absolute Gasteiger partial charge is 0.0947 e. The summed E-state index contributed by atoms with van der Waals surface area (Å²) in [6, 6.07) is 2.83. The number of nitrogens with one attached hydrogen (secondary N) is 1. The Morgan fingerprint density at radius 1 is 1.35 bits per heavy atom. The Kier molecular flexibility index (Phi) is 5.08. The Labute approximate surface area is 104 Å². The van der Waals surface area contributed by atoms with E-state index in [2.05, 4.69) is 17.3 Å². The highest BCUT2D eigenvalue weighted by molar-refractivity contribution is 5.04. The van der Waals surface area contributed by atoms with Crippen molar-refractivity contribution in [2.75, 3.05) is 20.1 Å². The van der Waals surface area contributed by atoms with Crippen LogP contribution in [-0.4, -0.2) is 31.1 Å². The largest absolute Gasteiger partial charge is 0.472 e. The quantitative estimate of drug-likeness (QED) is 0.770. The Morgan fingerprint density at radius 3 is 2.88 bits per heavy atom. The molecule has 2 rings (SSSR count). The second kappa shape index (κ2) is 6.82. The van der Waals surface area contributed by atoms with E-state index in [9.17, 15) is 0 Å². The van der Waals surface area contributed by atoms with Gasteiger partial charge in [0.15, 0.2) is 0 Å². The highest BCUT2D eigenvalue weighted by atomic mass is 16.3. The summed E-state index contributed by atoms with van der Waals surface area (Å²) in [5.41, 5.74) is 1.23. The van der Waals surface area contributed by atoms with Crippen molar-refractivity contribution in [2.24, 2.45) is 0 Å². The summed E-state index contributed by atoms with van der Waals surface area (Å²) in [5.74, 6) is 0. The SMILES string of the molecule is CN(CCNCc1ccoc1)C1CCCCC1. The van der Waals surface area contributed by atoms with Crippen molar-refractivity contribution in [3.63, 3.8) is 0 Å². The first kappa shape index (κ1) is 12.7. The molecule has 1 N–H and O–H groups in total. The summed E-state index contributed by atoms with van der Waals surface area (Å²) >= 11 is 0. The number of hydrogen-bond donors (Lipinski definition) is 1. The Bertz CT molecular complexity index is 291. The summed E-state index contributed by atoms with van der Waals surface area (Å²) in [6.07, 6.45) is 10.6. The fourth-order valence-corrected chi connectivity index (χ4v) is 2.59. The third-order valence-corrected chi connectivity index (χ3v) is 3.75. The third kappa shape index (κ3) is 4.17. The van der Waals surface area contributed by atoms with Crippen LogP contribution in [0.4, 0.5) is 0 Å². The monoisotopic (exact) mass is 236 g/mol. The summed E-state index contributed by atoms with van der Waals surface area (Å²) < 4.78 is 5.04. The minimum atomic E-state index is 0.819. The van der Waals surface area contributed by atoms with E-state index in [0.717, 1.165) is 25.7 Å². The van der Waals surface area contributed by atoms with Gasteiger partial charge in [-0.15, -0.1) is 0 Å². The fraction of sp³-hybridized carbons (Fsp3) is 0.714. The second-order valence-electron chi connectivity index (χ2n) is 5.08. The molecule has 0 saturated heterocycles. The molecule has 0 amide bonds.